The lowest BCUT2D eigenvalue weighted by atomic mass is 10.2. The molecule has 78 valence electrons. The molecule has 0 atom stereocenters. The predicted molar refractivity (Wildman–Crippen MR) is 54.6 cm³/mol. The summed E-state index contributed by atoms with van der Waals surface area (Å²) in [4.78, 5) is 1.66. The first-order chi connectivity index (χ1) is 6.69. The third-order valence-electron chi connectivity index (χ3n) is 2.09. The van der Waals surface area contributed by atoms with E-state index in [0.717, 1.165) is 5.56 Å². The smallest absolute Gasteiger partial charge is 0.146 e. The van der Waals surface area contributed by atoms with Crippen LogP contribution in [-0.4, -0.2) is 25.3 Å². The van der Waals surface area contributed by atoms with Crippen molar-refractivity contribution in [3.8, 4) is 0 Å². The van der Waals surface area contributed by atoms with E-state index in [1.807, 2.05) is 0 Å². The molecule has 1 aromatic rings. The van der Waals surface area contributed by atoms with Crippen LogP contribution in [0.15, 0.2) is 18.2 Å². The Hall–Kier alpha value is -1.13. The number of aliphatic hydroxyl groups is 1. The van der Waals surface area contributed by atoms with Crippen molar-refractivity contribution >= 4 is 5.69 Å². The van der Waals surface area contributed by atoms with Crippen LogP contribution in [0.25, 0.3) is 0 Å². The number of halogens is 1. The van der Waals surface area contributed by atoms with Crippen molar-refractivity contribution in [2.75, 3.05) is 25.1 Å². The van der Waals surface area contributed by atoms with Crippen molar-refractivity contribution in [1.29, 1.82) is 0 Å². The fourth-order valence-corrected chi connectivity index (χ4v) is 1.26. The van der Waals surface area contributed by atoms with Gasteiger partial charge in [-0.25, -0.2) is 4.39 Å². The van der Waals surface area contributed by atoms with Crippen LogP contribution in [0.4, 0.5) is 10.1 Å². The van der Waals surface area contributed by atoms with Crippen LogP contribution in [-0.2, 0) is 6.54 Å². The van der Waals surface area contributed by atoms with Gasteiger partial charge in [0.05, 0.1) is 12.3 Å². The van der Waals surface area contributed by atoms with Gasteiger partial charge in [-0.3, -0.25) is 0 Å². The van der Waals surface area contributed by atoms with Crippen molar-refractivity contribution in [3.63, 3.8) is 0 Å². The maximum Gasteiger partial charge on any atom is 0.146 e. The van der Waals surface area contributed by atoms with Gasteiger partial charge in [-0.1, -0.05) is 6.07 Å². The molecule has 0 aliphatic carbocycles. The maximum atomic E-state index is 13.4. The SMILES string of the molecule is CN(CCO)c1ccc(CN)cc1F. The van der Waals surface area contributed by atoms with Crippen LogP contribution in [0.3, 0.4) is 0 Å². The number of anilines is 1. The van der Waals surface area contributed by atoms with Crippen LogP contribution in [0.1, 0.15) is 5.56 Å². The van der Waals surface area contributed by atoms with Crippen molar-refractivity contribution in [2.24, 2.45) is 5.73 Å². The Balaban J connectivity index is 2.88. The number of nitrogens with two attached hydrogens (primary N) is 1. The molecule has 0 heterocycles. The van der Waals surface area contributed by atoms with E-state index in [9.17, 15) is 4.39 Å². The summed E-state index contributed by atoms with van der Waals surface area (Å²) in [5.41, 5.74) is 6.63. The van der Waals surface area contributed by atoms with E-state index in [1.165, 1.54) is 6.07 Å². The molecule has 0 saturated carbocycles. The molecule has 0 spiro atoms. The molecule has 0 bridgehead atoms. The number of hydrogen-bond acceptors (Lipinski definition) is 3. The molecule has 0 aromatic heterocycles. The summed E-state index contributed by atoms with van der Waals surface area (Å²) in [7, 11) is 1.73. The second kappa shape index (κ2) is 4.93. The van der Waals surface area contributed by atoms with E-state index in [-0.39, 0.29) is 12.4 Å². The Bertz CT molecular complexity index is 304. The summed E-state index contributed by atoms with van der Waals surface area (Å²) in [6.45, 7) is 0.758. The molecule has 1 rings (SSSR count). The van der Waals surface area contributed by atoms with E-state index in [1.54, 1.807) is 24.1 Å². The molecule has 0 aliphatic heterocycles. The third-order valence-corrected chi connectivity index (χ3v) is 2.09. The lowest BCUT2D eigenvalue weighted by molar-refractivity contribution is 0.304. The highest BCUT2D eigenvalue weighted by atomic mass is 19.1. The van der Waals surface area contributed by atoms with Gasteiger partial charge < -0.3 is 15.7 Å². The van der Waals surface area contributed by atoms with Crippen molar-refractivity contribution in [1.82, 2.24) is 0 Å². The zero-order valence-electron chi connectivity index (χ0n) is 8.20. The molecule has 0 unspecified atom stereocenters. The first-order valence-electron chi connectivity index (χ1n) is 4.49. The fourth-order valence-electron chi connectivity index (χ4n) is 1.26. The average molecular weight is 198 g/mol. The molecule has 0 amide bonds. The maximum absolute atomic E-state index is 13.4. The summed E-state index contributed by atoms with van der Waals surface area (Å²) in [6.07, 6.45) is 0. The van der Waals surface area contributed by atoms with Crippen LogP contribution < -0.4 is 10.6 Å². The van der Waals surface area contributed by atoms with Crippen molar-refractivity contribution < 1.29 is 9.50 Å². The third kappa shape index (κ3) is 2.43. The van der Waals surface area contributed by atoms with E-state index in [2.05, 4.69) is 0 Å². The minimum absolute atomic E-state index is 0.00851. The zero-order chi connectivity index (χ0) is 10.6. The summed E-state index contributed by atoms with van der Waals surface area (Å²) < 4.78 is 13.4. The van der Waals surface area contributed by atoms with E-state index >= 15 is 0 Å². The minimum Gasteiger partial charge on any atom is -0.395 e. The Morgan fingerprint density at radius 3 is 2.71 bits per heavy atom. The lowest BCUT2D eigenvalue weighted by Gasteiger charge is -2.18. The molecule has 0 fully saturated rings. The van der Waals surface area contributed by atoms with Gasteiger partial charge in [0.25, 0.3) is 0 Å². The number of aliphatic hydroxyl groups excluding tert-OH is 1. The van der Waals surface area contributed by atoms with Crippen molar-refractivity contribution in [2.45, 2.75) is 6.54 Å². The van der Waals surface area contributed by atoms with Crippen molar-refractivity contribution in [3.05, 3.63) is 29.6 Å². The number of likely N-dealkylation sites (N-methyl/N-ethyl adjacent to an activating group) is 1. The summed E-state index contributed by atoms with van der Waals surface area (Å²) in [5.74, 6) is -0.302. The average Bonchev–Trinajstić information content (AvgIpc) is 2.17. The molecule has 3 nitrogen and oxygen atoms in total. The highest BCUT2D eigenvalue weighted by molar-refractivity contribution is 5.48. The van der Waals surface area contributed by atoms with Crippen LogP contribution >= 0.6 is 0 Å². The summed E-state index contributed by atoms with van der Waals surface area (Å²) in [5, 5.41) is 8.71. The monoisotopic (exact) mass is 198 g/mol. The number of hydrogen-bond donors (Lipinski definition) is 2. The van der Waals surface area contributed by atoms with Gasteiger partial charge in [-0.05, 0) is 17.7 Å². The topological polar surface area (TPSA) is 49.5 Å². The van der Waals surface area contributed by atoms with Gasteiger partial charge in [-0.2, -0.15) is 0 Å². The molecule has 1 aromatic carbocycles. The molecule has 14 heavy (non-hydrogen) atoms. The first-order valence-corrected chi connectivity index (χ1v) is 4.49. The normalized spacial score (nSPS) is 10.3. The van der Waals surface area contributed by atoms with Gasteiger partial charge in [0.15, 0.2) is 0 Å². The number of rotatable bonds is 4. The molecule has 0 saturated heterocycles. The van der Waals surface area contributed by atoms with Crippen LogP contribution in [0.5, 0.6) is 0 Å². The van der Waals surface area contributed by atoms with Gasteiger partial charge >= 0.3 is 0 Å². The van der Waals surface area contributed by atoms with Crippen LogP contribution in [0.2, 0.25) is 0 Å². The molecular formula is C10H15FN2O. The van der Waals surface area contributed by atoms with E-state index in [4.69, 9.17) is 10.8 Å². The van der Waals surface area contributed by atoms with Gasteiger partial charge in [0.2, 0.25) is 0 Å². The number of nitrogens with zero attached hydrogens (tertiary/aromatic N) is 1. The quantitative estimate of drug-likeness (QED) is 0.749. The second-order valence-electron chi connectivity index (χ2n) is 3.14. The summed E-state index contributed by atoms with van der Waals surface area (Å²) in [6, 6.07) is 4.88. The van der Waals surface area contributed by atoms with Crippen LogP contribution in [0, 0.1) is 5.82 Å². The fraction of sp³-hybridized carbons (Fsp3) is 0.400. The molecule has 0 aliphatic rings. The molecule has 3 N–H and O–H groups in total. The Kier molecular flexibility index (Phi) is 3.85. The van der Waals surface area contributed by atoms with E-state index in [0.29, 0.717) is 18.8 Å². The first kappa shape index (κ1) is 10.9. The van der Waals surface area contributed by atoms with Gasteiger partial charge in [0, 0.05) is 20.1 Å². The highest BCUT2D eigenvalue weighted by Gasteiger charge is 2.06. The molecule has 4 heteroatoms. The Labute approximate surface area is 83.0 Å². The Morgan fingerprint density at radius 1 is 1.50 bits per heavy atom. The van der Waals surface area contributed by atoms with Gasteiger partial charge in [0.1, 0.15) is 5.82 Å². The van der Waals surface area contributed by atoms with Gasteiger partial charge in [-0.15, -0.1) is 0 Å². The Morgan fingerprint density at radius 2 is 2.21 bits per heavy atom. The number of benzene rings is 1. The zero-order valence-corrected chi connectivity index (χ0v) is 8.20. The standard InChI is InChI=1S/C10H15FN2O/c1-13(4-5-14)10-3-2-8(7-12)6-9(10)11/h2-3,6,14H,4-5,7,12H2,1H3. The molecular weight excluding hydrogens is 183 g/mol. The molecule has 0 radical (unpaired) electrons. The van der Waals surface area contributed by atoms with E-state index < -0.39 is 0 Å². The second-order valence-corrected chi connectivity index (χ2v) is 3.14. The lowest BCUT2D eigenvalue weighted by Crippen LogP contribution is -2.22. The predicted octanol–water partition coefficient (Wildman–Crippen LogP) is 0.713. The highest BCUT2D eigenvalue weighted by Crippen LogP contribution is 2.18. The largest absolute Gasteiger partial charge is 0.395 e. The minimum atomic E-state index is -0.302. The summed E-state index contributed by atoms with van der Waals surface area (Å²) >= 11 is 0.